The van der Waals surface area contributed by atoms with Crippen LogP contribution in [0.1, 0.15) is 28.9 Å². The summed E-state index contributed by atoms with van der Waals surface area (Å²) in [5.41, 5.74) is -0.736. The molecule has 0 unspecified atom stereocenters. The lowest BCUT2D eigenvalue weighted by Gasteiger charge is -2.32. The second-order valence-electron chi connectivity index (χ2n) is 7.78. The summed E-state index contributed by atoms with van der Waals surface area (Å²) in [5.74, 6) is -2.34. The average Bonchev–Trinajstić information content (AvgIpc) is 3.34. The number of likely N-dealkylation sites (tertiary alicyclic amines) is 1. The van der Waals surface area contributed by atoms with Gasteiger partial charge in [0.05, 0.1) is 30.2 Å². The van der Waals surface area contributed by atoms with Gasteiger partial charge in [-0.15, -0.1) is 5.10 Å². The van der Waals surface area contributed by atoms with E-state index in [0.717, 1.165) is 12.1 Å². The molecule has 4 rings (SSSR count). The predicted octanol–water partition coefficient (Wildman–Crippen LogP) is 2.62. The molecule has 0 bridgehead atoms. The number of rotatable bonds is 6. The van der Waals surface area contributed by atoms with Crippen molar-refractivity contribution in [3.05, 3.63) is 66.0 Å². The number of nitrogens with one attached hydrogen (secondary N) is 1. The molecule has 3 aromatic rings. The molecular weight excluding hydrogens is 472 g/mol. The van der Waals surface area contributed by atoms with Crippen LogP contribution in [-0.4, -0.2) is 62.4 Å². The van der Waals surface area contributed by atoms with E-state index in [4.69, 9.17) is 4.74 Å². The van der Waals surface area contributed by atoms with E-state index < -0.39 is 29.6 Å². The van der Waals surface area contributed by atoms with Crippen molar-refractivity contribution in [2.75, 3.05) is 19.6 Å². The van der Waals surface area contributed by atoms with Crippen molar-refractivity contribution in [1.29, 1.82) is 0 Å². The number of carbonyl (C=O) groups is 2. The van der Waals surface area contributed by atoms with Crippen LogP contribution < -0.4 is 10.1 Å². The third-order valence-electron chi connectivity index (χ3n) is 5.38. The van der Waals surface area contributed by atoms with Gasteiger partial charge in [0.15, 0.2) is 5.69 Å². The summed E-state index contributed by atoms with van der Waals surface area (Å²) in [5, 5.41) is 10.2. The van der Waals surface area contributed by atoms with Crippen LogP contribution in [-0.2, 0) is 11.0 Å². The van der Waals surface area contributed by atoms with Crippen molar-refractivity contribution < 1.29 is 31.9 Å². The van der Waals surface area contributed by atoms with E-state index in [9.17, 15) is 27.2 Å². The number of nitrogens with zero attached hydrogens (tertiary/aromatic N) is 5. The molecule has 0 spiro atoms. The first kappa shape index (κ1) is 24.1. The van der Waals surface area contributed by atoms with Gasteiger partial charge in [-0.1, -0.05) is 5.21 Å². The fraction of sp³-hybridized carbons (Fsp3) is 0.318. The number of aromatic nitrogens is 4. The molecule has 1 aliphatic heterocycles. The molecule has 1 aromatic carbocycles. The Hall–Kier alpha value is -4.03. The van der Waals surface area contributed by atoms with Crippen molar-refractivity contribution >= 4 is 11.8 Å². The molecule has 2 amide bonds. The predicted molar refractivity (Wildman–Crippen MR) is 113 cm³/mol. The van der Waals surface area contributed by atoms with Crippen LogP contribution in [0.5, 0.6) is 5.75 Å². The third kappa shape index (κ3) is 5.91. The highest BCUT2D eigenvalue weighted by Crippen LogP contribution is 2.34. The number of amides is 2. The number of hydrogen-bond donors (Lipinski definition) is 1. The summed E-state index contributed by atoms with van der Waals surface area (Å²) in [6.07, 6.45) is 0.0632. The van der Waals surface area contributed by atoms with Gasteiger partial charge in [-0.3, -0.25) is 14.6 Å². The average molecular weight is 492 g/mol. The van der Waals surface area contributed by atoms with Gasteiger partial charge in [-0.25, -0.2) is 9.07 Å². The van der Waals surface area contributed by atoms with Crippen LogP contribution in [0, 0.1) is 5.82 Å². The molecule has 1 aliphatic rings. The van der Waals surface area contributed by atoms with E-state index >= 15 is 0 Å². The van der Waals surface area contributed by atoms with Crippen molar-refractivity contribution in [1.82, 2.24) is 30.2 Å². The molecule has 0 radical (unpaired) electrons. The first-order chi connectivity index (χ1) is 16.7. The first-order valence-electron chi connectivity index (χ1n) is 10.6. The van der Waals surface area contributed by atoms with Crippen molar-refractivity contribution in [2.24, 2.45) is 0 Å². The van der Waals surface area contributed by atoms with E-state index in [0.29, 0.717) is 37.7 Å². The summed E-state index contributed by atoms with van der Waals surface area (Å²) in [6, 6.07) is 5.94. The fourth-order valence-electron chi connectivity index (χ4n) is 3.55. The fourth-order valence-corrected chi connectivity index (χ4v) is 3.55. The molecular formula is C22H20F4N6O3. The van der Waals surface area contributed by atoms with Gasteiger partial charge in [0.1, 0.15) is 17.7 Å². The van der Waals surface area contributed by atoms with E-state index in [2.05, 4.69) is 20.6 Å². The first-order valence-corrected chi connectivity index (χ1v) is 10.6. The van der Waals surface area contributed by atoms with Crippen LogP contribution in [0.3, 0.4) is 0 Å². The highest BCUT2D eigenvalue weighted by molar-refractivity contribution is 5.94. The Balaban J connectivity index is 1.25. The smallest absolute Gasteiger partial charge is 0.419 e. The zero-order valence-corrected chi connectivity index (χ0v) is 18.2. The minimum atomic E-state index is -4.82. The maximum absolute atomic E-state index is 13.4. The molecule has 2 aromatic heterocycles. The molecule has 184 valence electrons. The van der Waals surface area contributed by atoms with E-state index in [1.54, 1.807) is 24.5 Å². The number of piperidine rings is 1. The number of halogens is 4. The zero-order valence-electron chi connectivity index (χ0n) is 18.2. The van der Waals surface area contributed by atoms with Gasteiger partial charge in [-0.05, 0) is 30.3 Å². The Morgan fingerprint density at radius 2 is 1.94 bits per heavy atom. The second kappa shape index (κ2) is 10.1. The van der Waals surface area contributed by atoms with Gasteiger partial charge in [0.2, 0.25) is 5.91 Å². The lowest BCUT2D eigenvalue weighted by Crippen LogP contribution is -2.46. The quantitative estimate of drug-likeness (QED) is 0.531. The number of pyridine rings is 1. The normalized spacial score (nSPS) is 14.6. The highest BCUT2D eigenvalue weighted by atomic mass is 19.4. The maximum atomic E-state index is 13.4. The number of hydrogen-bond acceptors (Lipinski definition) is 6. The topological polar surface area (TPSA) is 102 Å². The SMILES string of the molecule is O=C(NCC(=O)N1CCC(Oc2ccc(F)c(C(F)(F)F)c2)CC1)c1cn(-c2cccnc2)nn1. The van der Waals surface area contributed by atoms with Crippen LogP contribution >= 0.6 is 0 Å². The Labute approximate surface area is 196 Å². The molecule has 1 saturated heterocycles. The minimum Gasteiger partial charge on any atom is -0.490 e. The van der Waals surface area contributed by atoms with Gasteiger partial charge >= 0.3 is 6.18 Å². The summed E-state index contributed by atoms with van der Waals surface area (Å²) in [4.78, 5) is 30.3. The lowest BCUT2D eigenvalue weighted by molar-refractivity contribution is -0.140. The molecule has 1 N–H and O–H groups in total. The highest BCUT2D eigenvalue weighted by Gasteiger charge is 2.35. The number of carbonyl (C=O) groups excluding carboxylic acids is 2. The maximum Gasteiger partial charge on any atom is 0.419 e. The number of ether oxygens (including phenoxy) is 1. The van der Waals surface area contributed by atoms with Crippen LogP contribution in [0.4, 0.5) is 17.6 Å². The summed E-state index contributed by atoms with van der Waals surface area (Å²) >= 11 is 0. The largest absolute Gasteiger partial charge is 0.490 e. The number of benzene rings is 1. The Bertz CT molecular complexity index is 1190. The van der Waals surface area contributed by atoms with Crippen LogP contribution in [0.2, 0.25) is 0 Å². The van der Waals surface area contributed by atoms with Gasteiger partial charge < -0.3 is 15.0 Å². The van der Waals surface area contributed by atoms with E-state index in [-0.39, 0.29) is 23.9 Å². The summed E-state index contributed by atoms with van der Waals surface area (Å²) in [7, 11) is 0. The lowest BCUT2D eigenvalue weighted by atomic mass is 10.1. The Morgan fingerprint density at radius 3 is 2.63 bits per heavy atom. The van der Waals surface area contributed by atoms with Crippen LogP contribution in [0.15, 0.2) is 48.9 Å². The molecule has 0 aliphatic carbocycles. The summed E-state index contributed by atoms with van der Waals surface area (Å²) in [6.45, 7) is 0.338. The van der Waals surface area contributed by atoms with E-state index in [1.807, 2.05) is 0 Å². The van der Waals surface area contributed by atoms with E-state index in [1.165, 1.54) is 15.8 Å². The molecule has 35 heavy (non-hydrogen) atoms. The monoisotopic (exact) mass is 492 g/mol. The van der Waals surface area contributed by atoms with Gasteiger partial charge in [-0.2, -0.15) is 13.2 Å². The minimum absolute atomic E-state index is 0.0336. The van der Waals surface area contributed by atoms with Gasteiger partial charge in [0.25, 0.3) is 5.91 Å². The zero-order chi connectivity index (χ0) is 25.0. The Morgan fingerprint density at radius 1 is 1.17 bits per heavy atom. The van der Waals surface area contributed by atoms with Crippen molar-refractivity contribution in [3.63, 3.8) is 0 Å². The molecule has 0 atom stereocenters. The standard InChI is InChI=1S/C22H20F4N6O3/c23-18-4-3-16(10-17(18)22(24,25)26)35-15-5-8-31(9-6-15)20(33)12-28-21(34)19-13-32(30-29-19)14-2-1-7-27-11-14/h1-4,7,10-11,13,15H,5-6,8-9,12H2,(H,28,34). The van der Waals surface area contributed by atoms with Crippen molar-refractivity contribution in [3.8, 4) is 11.4 Å². The molecule has 3 heterocycles. The third-order valence-corrected chi connectivity index (χ3v) is 5.38. The summed E-state index contributed by atoms with van der Waals surface area (Å²) < 4.78 is 59.0. The number of alkyl halides is 3. The second-order valence-corrected chi connectivity index (χ2v) is 7.78. The van der Waals surface area contributed by atoms with Crippen molar-refractivity contribution in [2.45, 2.75) is 25.1 Å². The molecule has 13 heteroatoms. The molecule has 9 nitrogen and oxygen atoms in total. The van der Waals surface area contributed by atoms with Gasteiger partial charge in [0, 0.05) is 32.1 Å². The Kier molecular flexibility index (Phi) is 6.94. The van der Waals surface area contributed by atoms with Crippen LogP contribution in [0.25, 0.3) is 5.69 Å². The molecule has 1 fully saturated rings. The molecule has 0 saturated carbocycles.